The number of imidazole rings is 1. The largest absolute Gasteiger partial charge is 0.485 e. The summed E-state index contributed by atoms with van der Waals surface area (Å²) in [7, 11) is 1.93. The number of hydrogen-bond acceptors (Lipinski definition) is 3. The molecule has 0 atom stereocenters. The van der Waals surface area contributed by atoms with Crippen molar-refractivity contribution in [3.63, 3.8) is 0 Å². The number of benzene rings is 2. The number of aliphatic hydroxyl groups is 1. The minimum atomic E-state index is -0.0444. The van der Waals surface area contributed by atoms with Crippen molar-refractivity contribution in [3.8, 4) is 5.75 Å². The smallest absolute Gasteiger partial charge is 0.146 e. The predicted molar refractivity (Wildman–Crippen MR) is 77.4 cm³/mol. The molecule has 0 radical (unpaired) electrons. The minimum absolute atomic E-state index is 0.0444. The van der Waals surface area contributed by atoms with E-state index in [0.717, 1.165) is 22.2 Å². The first kappa shape index (κ1) is 12.7. The van der Waals surface area contributed by atoms with Gasteiger partial charge in [0, 0.05) is 25.0 Å². The van der Waals surface area contributed by atoms with Crippen LogP contribution in [0, 0.1) is 0 Å². The SMILES string of the molecule is Cn1ccnc1COc1ccc2ccccc2c1CO. The maximum Gasteiger partial charge on any atom is 0.146 e. The van der Waals surface area contributed by atoms with Gasteiger partial charge >= 0.3 is 0 Å². The number of ether oxygens (including phenoxy) is 1. The Kier molecular flexibility index (Phi) is 3.39. The molecule has 0 unspecified atom stereocenters. The Morgan fingerprint density at radius 1 is 1.20 bits per heavy atom. The van der Waals surface area contributed by atoms with Crippen molar-refractivity contribution in [3.05, 3.63) is 60.2 Å². The summed E-state index contributed by atoms with van der Waals surface area (Å²) in [4.78, 5) is 4.22. The Morgan fingerprint density at radius 3 is 2.80 bits per heavy atom. The van der Waals surface area contributed by atoms with E-state index >= 15 is 0 Å². The van der Waals surface area contributed by atoms with Gasteiger partial charge in [-0.1, -0.05) is 30.3 Å². The van der Waals surface area contributed by atoms with Gasteiger partial charge in [-0.2, -0.15) is 0 Å². The molecule has 102 valence electrons. The minimum Gasteiger partial charge on any atom is -0.485 e. The number of hydrogen-bond donors (Lipinski definition) is 1. The summed E-state index contributed by atoms with van der Waals surface area (Å²) in [6, 6.07) is 11.9. The summed E-state index contributed by atoms with van der Waals surface area (Å²) < 4.78 is 7.73. The lowest BCUT2D eigenvalue weighted by molar-refractivity contribution is 0.256. The quantitative estimate of drug-likeness (QED) is 0.791. The fourth-order valence-corrected chi connectivity index (χ4v) is 2.29. The van der Waals surface area contributed by atoms with Crippen molar-refractivity contribution < 1.29 is 9.84 Å². The Bertz CT molecular complexity index is 734. The number of aromatic nitrogens is 2. The molecule has 0 saturated carbocycles. The zero-order chi connectivity index (χ0) is 13.9. The van der Waals surface area contributed by atoms with Gasteiger partial charge in [0.1, 0.15) is 18.2 Å². The first-order chi connectivity index (χ1) is 9.79. The van der Waals surface area contributed by atoms with Gasteiger partial charge < -0.3 is 14.4 Å². The molecule has 20 heavy (non-hydrogen) atoms. The fourth-order valence-electron chi connectivity index (χ4n) is 2.29. The third-order valence-electron chi connectivity index (χ3n) is 3.43. The number of rotatable bonds is 4. The highest BCUT2D eigenvalue weighted by molar-refractivity contribution is 5.87. The highest BCUT2D eigenvalue weighted by Crippen LogP contribution is 2.28. The molecule has 3 aromatic rings. The Hall–Kier alpha value is -2.33. The molecule has 1 heterocycles. The first-order valence-electron chi connectivity index (χ1n) is 6.50. The predicted octanol–water partition coefficient (Wildman–Crippen LogP) is 2.64. The van der Waals surface area contributed by atoms with E-state index in [1.165, 1.54) is 0 Å². The summed E-state index contributed by atoms with van der Waals surface area (Å²) in [5.74, 6) is 1.55. The molecular weight excluding hydrogens is 252 g/mol. The van der Waals surface area contributed by atoms with E-state index in [1.807, 2.05) is 54.2 Å². The van der Waals surface area contributed by atoms with Gasteiger partial charge in [0.25, 0.3) is 0 Å². The molecule has 0 aliphatic rings. The average molecular weight is 268 g/mol. The van der Waals surface area contributed by atoms with Crippen molar-refractivity contribution in [2.45, 2.75) is 13.2 Å². The van der Waals surface area contributed by atoms with Gasteiger partial charge in [-0.3, -0.25) is 0 Å². The van der Waals surface area contributed by atoms with E-state index in [4.69, 9.17) is 4.74 Å². The topological polar surface area (TPSA) is 47.3 Å². The molecule has 0 fully saturated rings. The number of fused-ring (bicyclic) bond motifs is 1. The van der Waals surface area contributed by atoms with Gasteiger partial charge in [-0.15, -0.1) is 0 Å². The summed E-state index contributed by atoms with van der Waals surface area (Å²) in [6.45, 7) is 0.339. The van der Waals surface area contributed by atoms with Gasteiger partial charge in [0.2, 0.25) is 0 Å². The average Bonchev–Trinajstić information content (AvgIpc) is 2.89. The molecule has 4 nitrogen and oxygen atoms in total. The molecule has 2 aromatic carbocycles. The van der Waals surface area contributed by atoms with E-state index < -0.39 is 0 Å². The lowest BCUT2D eigenvalue weighted by Gasteiger charge is -2.12. The van der Waals surface area contributed by atoms with Crippen LogP contribution in [0.4, 0.5) is 0 Å². The number of aliphatic hydroxyl groups excluding tert-OH is 1. The second-order valence-corrected chi connectivity index (χ2v) is 4.66. The van der Waals surface area contributed by atoms with E-state index in [-0.39, 0.29) is 6.61 Å². The van der Waals surface area contributed by atoms with E-state index in [1.54, 1.807) is 6.20 Å². The molecule has 0 amide bonds. The van der Waals surface area contributed by atoms with Crippen molar-refractivity contribution in [1.29, 1.82) is 0 Å². The summed E-state index contributed by atoms with van der Waals surface area (Å²) in [5.41, 5.74) is 0.817. The van der Waals surface area contributed by atoms with Gasteiger partial charge in [0.15, 0.2) is 0 Å². The molecular formula is C16H16N2O2. The lowest BCUT2D eigenvalue weighted by Crippen LogP contribution is -2.04. The normalized spacial score (nSPS) is 10.9. The number of nitrogens with zero attached hydrogens (tertiary/aromatic N) is 2. The second-order valence-electron chi connectivity index (χ2n) is 4.66. The Balaban J connectivity index is 1.93. The maximum atomic E-state index is 9.63. The molecule has 0 aliphatic heterocycles. The Labute approximate surface area is 117 Å². The summed E-state index contributed by atoms with van der Waals surface area (Å²) in [6.07, 6.45) is 3.62. The van der Waals surface area contributed by atoms with Crippen LogP contribution >= 0.6 is 0 Å². The number of aryl methyl sites for hydroxylation is 1. The van der Waals surface area contributed by atoms with E-state index in [0.29, 0.717) is 12.4 Å². The monoisotopic (exact) mass is 268 g/mol. The fraction of sp³-hybridized carbons (Fsp3) is 0.188. The van der Waals surface area contributed by atoms with Crippen LogP contribution in [0.1, 0.15) is 11.4 Å². The van der Waals surface area contributed by atoms with Gasteiger partial charge in [-0.25, -0.2) is 4.98 Å². The van der Waals surface area contributed by atoms with Crippen LogP contribution in [0.5, 0.6) is 5.75 Å². The van der Waals surface area contributed by atoms with Crippen LogP contribution in [0.2, 0.25) is 0 Å². The third kappa shape index (κ3) is 2.26. The van der Waals surface area contributed by atoms with Crippen LogP contribution in [-0.4, -0.2) is 14.7 Å². The molecule has 0 saturated heterocycles. The molecule has 1 aromatic heterocycles. The first-order valence-corrected chi connectivity index (χ1v) is 6.50. The Morgan fingerprint density at radius 2 is 2.05 bits per heavy atom. The molecule has 0 bridgehead atoms. The van der Waals surface area contributed by atoms with Crippen molar-refractivity contribution >= 4 is 10.8 Å². The van der Waals surface area contributed by atoms with Gasteiger partial charge in [0.05, 0.1) is 6.61 Å². The van der Waals surface area contributed by atoms with Crippen LogP contribution in [0.15, 0.2) is 48.8 Å². The molecule has 0 spiro atoms. The zero-order valence-electron chi connectivity index (χ0n) is 11.3. The highest BCUT2D eigenvalue weighted by atomic mass is 16.5. The van der Waals surface area contributed by atoms with Crippen LogP contribution in [0.3, 0.4) is 0 Å². The van der Waals surface area contributed by atoms with Crippen LogP contribution in [0.25, 0.3) is 10.8 Å². The van der Waals surface area contributed by atoms with Gasteiger partial charge in [-0.05, 0) is 16.8 Å². The third-order valence-corrected chi connectivity index (χ3v) is 3.43. The van der Waals surface area contributed by atoms with Crippen LogP contribution in [-0.2, 0) is 20.3 Å². The maximum absolute atomic E-state index is 9.63. The molecule has 3 rings (SSSR count). The second kappa shape index (κ2) is 5.35. The lowest BCUT2D eigenvalue weighted by atomic mass is 10.0. The molecule has 0 aliphatic carbocycles. The van der Waals surface area contributed by atoms with Crippen molar-refractivity contribution in [2.24, 2.45) is 7.05 Å². The van der Waals surface area contributed by atoms with Crippen molar-refractivity contribution in [2.75, 3.05) is 0 Å². The molecule has 4 heteroatoms. The standard InChI is InChI=1S/C16H16N2O2/c1-18-9-8-17-16(18)11-20-15-7-6-12-4-2-3-5-13(12)14(15)10-19/h2-9,19H,10-11H2,1H3. The van der Waals surface area contributed by atoms with Crippen molar-refractivity contribution in [1.82, 2.24) is 9.55 Å². The van der Waals surface area contributed by atoms with Crippen LogP contribution < -0.4 is 4.74 Å². The summed E-state index contributed by atoms with van der Waals surface area (Å²) >= 11 is 0. The highest BCUT2D eigenvalue weighted by Gasteiger charge is 2.09. The summed E-state index contributed by atoms with van der Waals surface area (Å²) in [5, 5.41) is 11.7. The van der Waals surface area contributed by atoms with E-state index in [9.17, 15) is 5.11 Å². The van der Waals surface area contributed by atoms with E-state index in [2.05, 4.69) is 4.98 Å². The molecule has 1 N–H and O–H groups in total. The zero-order valence-corrected chi connectivity index (χ0v) is 11.3.